The van der Waals surface area contributed by atoms with Crippen molar-refractivity contribution in [1.82, 2.24) is 24.7 Å². The standard InChI is InChI=1S/C22H17F5N6O2/c1-32-20-12(18(31-32)11-8-13(22(25,26)27)17(24)19(34)16(11)23)9-29-21(30-20)33-6-7-35-15(10-33)14-4-2-3-5-28-14/h2-5,8-9,15,34H,6-7,10H2,1H3. The van der Waals surface area contributed by atoms with Crippen LogP contribution in [0.5, 0.6) is 5.75 Å². The third-order valence-corrected chi connectivity index (χ3v) is 5.67. The number of ether oxygens (including phenoxy) is 1. The lowest BCUT2D eigenvalue weighted by atomic mass is 10.0. The molecule has 1 atom stereocenters. The van der Waals surface area contributed by atoms with Crippen molar-refractivity contribution in [3.8, 4) is 17.0 Å². The maximum atomic E-state index is 14.7. The molecule has 1 N–H and O–H groups in total. The average Bonchev–Trinajstić information content (AvgIpc) is 3.18. The third kappa shape index (κ3) is 4.01. The molecule has 4 heterocycles. The fourth-order valence-electron chi connectivity index (χ4n) is 3.96. The Balaban J connectivity index is 1.54. The zero-order valence-corrected chi connectivity index (χ0v) is 18.1. The van der Waals surface area contributed by atoms with Gasteiger partial charge in [-0.25, -0.2) is 18.4 Å². The molecule has 0 spiro atoms. The van der Waals surface area contributed by atoms with Crippen molar-refractivity contribution in [3.63, 3.8) is 0 Å². The van der Waals surface area contributed by atoms with Gasteiger partial charge in [-0.2, -0.15) is 23.3 Å². The normalized spacial score (nSPS) is 16.7. The smallest absolute Gasteiger partial charge is 0.419 e. The second-order valence-corrected chi connectivity index (χ2v) is 7.89. The van der Waals surface area contributed by atoms with Crippen molar-refractivity contribution in [2.75, 3.05) is 24.6 Å². The zero-order chi connectivity index (χ0) is 24.9. The van der Waals surface area contributed by atoms with E-state index in [1.54, 1.807) is 12.3 Å². The number of pyridine rings is 1. The first kappa shape index (κ1) is 22.9. The second kappa shape index (κ2) is 8.41. The number of anilines is 1. The number of hydrogen-bond donors (Lipinski definition) is 1. The number of aryl methyl sites for hydroxylation is 1. The molecule has 0 radical (unpaired) electrons. The summed E-state index contributed by atoms with van der Waals surface area (Å²) in [5, 5.41) is 13.9. The molecule has 5 rings (SSSR count). The molecule has 35 heavy (non-hydrogen) atoms. The maximum absolute atomic E-state index is 14.7. The van der Waals surface area contributed by atoms with E-state index in [0.29, 0.717) is 25.6 Å². The number of rotatable bonds is 3. The van der Waals surface area contributed by atoms with Gasteiger partial charge in [0.2, 0.25) is 5.95 Å². The van der Waals surface area contributed by atoms with E-state index in [4.69, 9.17) is 4.74 Å². The van der Waals surface area contributed by atoms with E-state index in [0.717, 1.165) is 5.69 Å². The van der Waals surface area contributed by atoms with Gasteiger partial charge in [0, 0.05) is 31.5 Å². The van der Waals surface area contributed by atoms with E-state index in [9.17, 15) is 27.1 Å². The van der Waals surface area contributed by atoms with Gasteiger partial charge >= 0.3 is 6.18 Å². The topological polar surface area (TPSA) is 89.2 Å². The second-order valence-electron chi connectivity index (χ2n) is 7.89. The van der Waals surface area contributed by atoms with Crippen molar-refractivity contribution in [3.05, 3.63) is 59.6 Å². The molecule has 0 aliphatic carbocycles. The maximum Gasteiger partial charge on any atom is 0.419 e. The highest BCUT2D eigenvalue weighted by Crippen LogP contribution is 2.41. The van der Waals surface area contributed by atoms with Crippen molar-refractivity contribution in [2.45, 2.75) is 12.3 Å². The van der Waals surface area contributed by atoms with Gasteiger partial charge in [-0.1, -0.05) is 6.07 Å². The zero-order valence-electron chi connectivity index (χ0n) is 18.1. The molecule has 1 aromatic carbocycles. The number of halogens is 5. The number of morpholine rings is 1. The van der Waals surface area contributed by atoms with Gasteiger partial charge in [0.05, 0.1) is 29.8 Å². The fourth-order valence-corrected chi connectivity index (χ4v) is 3.96. The Morgan fingerprint density at radius 3 is 2.66 bits per heavy atom. The van der Waals surface area contributed by atoms with Gasteiger partial charge in [0.1, 0.15) is 11.8 Å². The van der Waals surface area contributed by atoms with Crippen LogP contribution in [0.15, 0.2) is 36.7 Å². The van der Waals surface area contributed by atoms with Crippen LogP contribution in [0.2, 0.25) is 0 Å². The summed E-state index contributed by atoms with van der Waals surface area (Å²) in [6.45, 7) is 1.27. The van der Waals surface area contributed by atoms with Gasteiger partial charge < -0.3 is 14.7 Å². The molecule has 0 saturated carbocycles. The highest BCUT2D eigenvalue weighted by molar-refractivity contribution is 5.91. The van der Waals surface area contributed by atoms with E-state index in [-0.39, 0.29) is 28.9 Å². The summed E-state index contributed by atoms with van der Waals surface area (Å²) in [6, 6.07) is 5.76. The summed E-state index contributed by atoms with van der Waals surface area (Å²) >= 11 is 0. The molecule has 1 saturated heterocycles. The number of benzene rings is 1. The molecule has 182 valence electrons. The molecule has 1 aliphatic heterocycles. The van der Waals surface area contributed by atoms with Crippen molar-refractivity contribution in [2.24, 2.45) is 7.05 Å². The van der Waals surface area contributed by atoms with Crippen molar-refractivity contribution in [1.29, 1.82) is 0 Å². The average molecular weight is 492 g/mol. The Hall–Kier alpha value is -3.87. The Morgan fingerprint density at radius 1 is 1.14 bits per heavy atom. The number of aromatic nitrogens is 5. The summed E-state index contributed by atoms with van der Waals surface area (Å²) in [5.74, 6) is -5.08. The molecule has 1 aliphatic rings. The third-order valence-electron chi connectivity index (χ3n) is 5.67. The van der Waals surface area contributed by atoms with E-state index < -0.39 is 34.7 Å². The van der Waals surface area contributed by atoms with E-state index in [1.165, 1.54) is 17.9 Å². The predicted molar refractivity (Wildman–Crippen MR) is 113 cm³/mol. The minimum absolute atomic E-state index is 0.129. The molecule has 0 amide bonds. The Kier molecular flexibility index (Phi) is 5.50. The van der Waals surface area contributed by atoms with Crippen LogP contribution in [0, 0.1) is 11.6 Å². The number of alkyl halides is 3. The van der Waals surface area contributed by atoms with Gasteiger partial charge in [-0.15, -0.1) is 0 Å². The van der Waals surface area contributed by atoms with Crippen LogP contribution in [0.25, 0.3) is 22.3 Å². The monoisotopic (exact) mass is 492 g/mol. The van der Waals surface area contributed by atoms with Gasteiger partial charge in [-0.3, -0.25) is 4.98 Å². The highest BCUT2D eigenvalue weighted by Gasteiger charge is 2.38. The lowest BCUT2D eigenvalue weighted by Gasteiger charge is -2.32. The number of nitrogens with zero attached hydrogens (tertiary/aromatic N) is 6. The summed E-state index contributed by atoms with van der Waals surface area (Å²) in [6.07, 6.45) is -2.51. The number of aromatic hydroxyl groups is 1. The Labute approximate surface area is 194 Å². The lowest BCUT2D eigenvalue weighted by molar-refractivity contribution is -0.140. The van der Waals surface area contributed by atoms with E-state index >= 15 is 0 Å². The number of fused-ring (bicyclic) bond motifs is 1. The van der Waals surface area contributed by atoms with Crippen LogP contribution in [0.1, 0.15) is 17.4 Å². The van der Waals surface area contributed by atoms with Crippen LogP contribution in [0.3, 0.4) is 0 Å². The van der Waals surface area contributed by atoms with Gasteiger partial charge in [-0.05, 0) is 18.2 Å². The minimum Gasteiger partial charge on any atom is -0.503 e. The molecule has 0 bridgehead atoms. The SMILES string of the molecule is Cn1nc(-c2cc(C(F)(F)F)c(F)c(O)c2F)c2cnc(N3CCOC(c4ccccn4)C3)nc21. The molecule has 3 aromatic heterocycles. The quantitative estimate of drug-likeness (QED) is 0.433. The van der Waals surface area contributed by atoms with Crippen molar-refractivity contribution >= 4 is 17.0 Å². The Morgan fingerprint density at radius 2 is 1.94 bits per heavy atom. The molecule has 8 nitrogen and oxygen atoms in total. The number of phenolic OH excluding ortho intramolecular Hbond substituents is 1. The van der Waals surface area contributed by atoms with Crippen LogP contribution < -0.4 is 4.90 Å². The first-order chi connectivity index (χ1) is 16.6. The summed E-state index contributed by atoms with van der Waals surface area (Å²) in [5.41, 5.74) is -1.84. The molecule has 4 aromatic rings. The highest BCUT2D eigenvalue weighted by atomic mass is 19.4. The van der Waals surface area contributed by atoms with E-state index in [1.807, 2.05) is 17.0 Å². The summed E-state index contributed by atoms with van der Waals surface area (Å²) in [7, 11) is 1.48. The lowest BCUT2D eigenvalue weighted by Crippen LogP contribution is -2.39. The molecular weight excluding hydrogens is 475 g/mol. The minimum atomic E-state index is -5.15. The molecule has 13 heteroatoms. The molecule has 1 fully saturated rings. The summed E-state index contributed by atoms with van der Waals surface area (Å²) in [4.78, 5) is 14.9. The molecular formula is C22H17F5N6O2. The largest absolute Gasteiger partial charge is 0.503 e. The first-order valence-corrected chi connectivity index (χ1v) is 10.4. The van der Waals surface area contributed by atoms with Gasteiger partial charge in [0.15, 0.2) is 23.0 Å². The van der Waals surface area contributed by atoms with Crippen molar-refractivity contribution < 1.29 is 31.8 Å². The van der Waals surface area contributed by atoms with Crippen LogP contribution in [0.4, 0.5) is 27.9 Å². The fraction of sp³-hybridized carbons (Fsp3) is 0.273. The Bertz CT molecular complexity index is 1410. The van der Waals surface area contributed by atoms with E-state index in [2.05, 4.69) is 20.1 Å². The van der Waals surface area contributed by atoms with Gasteiger partial charge in [0.25, 0.3) is 0 Å². The predicted octanol–water partition coefficient (Wildman–Crippen LogP) is 4.01. The number of phenols is 1. The summed E-state index contributed by atoms with van der Waals surface area (Å²) < 4.78 is 75.3. The van der Waals surface area contributed by atoms with Crippen LogP contribution in [-0.4, -0.2) is 49.5 Å². The number of hydrogen-bond acceptors (Lipinski definition) is 7. The van der Waals surface area contributed by atoms with Crippen LogP contribution in [-0.2, 0) is 18.0 Å². The molecule has 1 unspecified atom stereocenters. The first-order valence-electron chi connectivity index (χ1n) is 10.4. The van der Waals surface area contributed by atoms with Crippen LogP contribution >= 0.6 is 0 Å².